The minimum Gasteiger partial charge on any atom is -0.381 e. The van der Waals surface area contributed by atoms with Crippen LogP contribution in [-0.2, 0) is 4.74 Å². The Morgan fingerprint density at radius 1 is 1.27 bits per heavy atom. The Labute approximate surface area is 78.6 Å². The second-order valence-electron chi connectivity index (χ2n) is 2.98. The summed E-state index contributed by atoms with van der Waals surface area (Å²) in [4.78, 5) is 0. The van der Waals surface area contributed by atoms with Crippen LogP contribution >= 0.6 is 15.9 Å². The van der Waals surface area contributed by atoms with Crippen molar-refractivity contribution in [1.29, 1.82) is 0 Å². The molecule has 1 atom stereocenters. The van der Waals surface area contributed by atoms with Crippen molar-refractivity contribution in [3.8, 4) is 0 Å². The molecule has 0 amide bonds. The molecule has 0 radical (unpaired) electrons. The van der Waals surface area contributed by atoms with Gasteiger partial charge in [0.15, 0.2) is 0 Å². The number of hydrogen-bond donors (Lipinski definition) is 0. The SMILES string of the molecule is CCCOCCC(C)CCBr. The smallest absolute Gasteiger partial charge is 0.0468 e. The van der Waals surface area contributed by atoms with E-state index in [-0.39, 0.29) is 0 Å². The normalized spacial score (nSPS) is 13.4. The molecule has 0 aliphatic rings. The lowest BCUT2D eigenvalue weighted by Crippen LogP contribution is -2.02. The predicted molar refractivity (Wildman–Crippen MR) is 53.3 cm³/mol. The van der Waals surface area contributed by atoms with Crippen LogP contribution in [0.2, 0.25) is 0 Å². The first-order chi connectivity index (χ1) is 5.31. The van der Waals surface area contributed by atoms with E-state index < -0.39 is 0 Å². The monoisotopic (exact) mass is 222 g/mol. The molecule has 0 saturated heterocycles. The van der Waals surface area contributed by atoms with Crippen molar-refractivity contribution in [3.05, 3.63) is 0 Å². The Balaban J connectivity index is 2.97. The summed E-state index contributed by atoms with van der Waals surface area (Å²) >= 11 is 3.43. The molecule has 11 heavy (non-hydrogen) atoms. The van der Waals surface area contributed by atoms with Gasteiger partial charge in [0.25, 0.3) is 0 Å². The van der Waals surface area contributed by atoms with E-state index in [1.165, 1.54) is 12.8 Å². The summed E-state index contributed by atoms with van der Waals surface area (Å²) in [7, 11) is 0. The molecule has 0 bridgehead atoms. The molecular weight excluding hydrogens is 204 g/mol. The molecule has 68 valence electrons. The molecule has 0 aliphatic heterocycles. The van der Waals surface area contributed by atoms with Gasteiger partial charge < -0.3 is 4.74 Å². The number of alkyl halides is 1. The van der Waals surface area contributed by atoms with Crippen LogP contribution in [0.25, 0.3) is 0 Å². The van der Waals surface area contributed by atoms with E-state index in [4.69, 9.17) is 4.74 Å². The summed E-state index contributed by atoms with van der Waals surface area (Å²) in [5.74, 6) is 0.797. The molecule has 0 aromatic heterocycles. The molecule has 0 aromatic carbocycles. The van der Waals surface area contributed by atoms with Crippen LogP contribution in [0.5, 0.6) is 0 Å². The van der Waals surface area contributed by atoms with Crippen LogP contribution in [0.3, 0.4) is 0 Å². The third-order valence-corrected chi connectivity index (χ3v) is 2.16. The fraction of sp³-hybridized carbons (Fsp3) is 1.00. The fourth-order valence-electron chi connectivity index (χ4n) is 0.862. The maximum absolute atomic E-state index is 5.38. The van der Waals surface area contributed by atoms with Crippen LogP contribution < -0.4 is 0 Å². The van der Waals surface area contributed by atoms with Crippen LogP contribution in [0.4, 0.5) is 0 Å². The van der Waals surface area contributed by atoms with E-state index >= 15 is 0 Å². The standard InChI is InChI=1S/C9H19BrO/c1-3-7-11-8-5-9(2)4-6-10/h9H,3-8H2,1-2H3. The quantitative estimate of drug-likeness (QED) is 0.475. The Kier molecular flexibility index (Phi) is 8.88. The summed E-state index contributed by atoms with van der Waals surface area (Å²) in [6, 6.07) is 0. The van der Waals surface area contributed by atoms with Gasteiger partial charge in [0.1, 0.15) is 0 Å². The summed E-state index contributed by atoms with van der Waals surface area (Å²) in [6.45, 7) is 6.27. The highest BCUT2D eigenvalue weighted by Crippen LogP contribution is 2.08. The topological polar surface area (TPSA) is 9.23 Å². The van der Waals surface area contributed by atoms with Gasteiger partial charge in [-0.1, -0.05) is 29.8 Å². The molecule has 0 aliphatic carbocycles. The van der Waals surface area contributed by atoms with Crippen molar-refractivity contribution in [2.24, 2.45) is 5.92 Å². The molecule has 0 aromatic rings. The fourth-order valence-corrected chi connectivity index (χ4v) is 1.64. The van der Waals surface area contributed by atoms with Gasteiger partial charge in [-0.15, -0.1) is 0 Å². The van der Waals surface area contributed by atoms with Crippen molar-refractivity contribution in [1.82, 2.24) is 0 Å². The van der Waals surface area contributed by atoms with Gasteiger partial charge in [-0.25, -0.2) is 0 Å². The number of ether oxygens (including phenoxy) is 1. The second-order valence-corrected chi connectivity index (χ2v) is 3.78. The van der Waals surface area contributed by atoms with E-state index in [1.54, 1.807) is 0 Å². The molecule has 0 saturated carbocycles. The highest BCUT2D eigenvalue weighted by atomic mass is 79.9. The third-order valence-electron chi connectivity index (χ3n) is 1.71. The Morgan fingerprint density at radius 2 is 2.00 bits per heavy atom. The minimum atomic E-state index is 0.797. The van der Waals surface area contributed by atoms with E-state index in [0.29, 0.717) is 0 Å². The van der Waals surface area contributed by atoms with Crippen molar-refractivity contribution in [2.45, 2.75) is 33.1 Å². The van der Waals surface area contributed by atoms with Gasteiger partial charge in [0.05, 0.1) is 0 Å². The van der Waals surface area contributed by atoms with Crippen LogP contribution in [0, 0.1) is 5.92 Å². The summed E-state index contributed by atoms with van der Waals surface area (Å²) < 4.78 is 5.38. The zero-order chi connectivity index (χ0) is 8.53. The third kappa shape index (κ3) is 8.35. The number of halogens is 1. The lowest BCUT2D eigenvalue weighted by atomic mass is 10.1. The van der Waals surface area contributed by atoms with Gasteiger partial charge in [-0.3, -0.25) is 0 Å². The zero-order valence-corrected chi connectivity index (χ0v) is 9.19. The average molecular weight is 223 g/mol. The Bertz CT molecular complexity index is 76.0. The molecule has 0 rings (SSSR count). The minimum absolute atomic E-state index is 0.797. The molecule has 1 unspecified atom stereocenters. The maximum Gasteiger partial charge on any atom is 0.0468 e. The first-order valence-electron chi connectivity index (χ1n) is 4.45. The van der Waals surface area contributed by atoms with Gasteiger partial charge in [-0.2, -0.15) is 0 Å². The summed E-state index contributed by atoms with van der Waals surface area (Å²) in [6.07, 6.45) is 3.59. The second kappa shape index (κ2) is 8.54. The largest absolute Gasteiger partial charge is 0.381 e. The lowest BCUT2D eigenvalue weighted by Gasteiger charge is -2.08. The molecular formula is C9H19BrO. The van der Waals surface area contributed by atoms with Crippen LogP contribution in [0.15, 0.2) is 0 Å². The Hall–Kier alpha value is 0.440. The molecule has 0 fully saturated rings. The van der Waals surface area contributed by atoms with Gasteiger partial charge in [-0.05, 0) is 25.2 Å². The van der Waals surface area contributed by atoms with Crippen molar-refractivity contribution < 1.29 is 4.74 Å². The molecule has 2 heteroatoms. The van der Waals surface area contributed by atoms with Crippen LogP contribution in [-0.4, -0.2) is 18.5 Å². The molecule has 0 N–H and O–H groups in total. The molecule has 0 heterocycles. The first kappa shape index (κ1) is 11.4. The van der Waals surface area contributed by atoms with Gasteiger partial charge >= 0.3 is 0 Å². The van der Waals surface area contributed by atoms with Crippen molar-refractivity contribution in [3.63, 3.8) is 0 Å². The highest BCUT2D eigenvalue weighted by Gasteiger charge is 1.99. The molecule has 0 spiro atoms. The van der Waals surface area contributed by atoms with Crippen molar-refractivity contribution >= 4 is 15.9 Å². The van der Waals surface area contributed by atoms with E-state index in [0.717, 1.165) is 30.9 Å². The predicted octanol–water partition coefficient (Wildman–Crippen LogP) is 3.22. The van der Waals surface area contributed by atoms with Gasteiger partial charge in [0.2, 0.25) is 0 Å². The highest BCUT2D eigenvalue weighted by molar-refractivity contribution is 9.09. The summed E-state index contributed by atoms with van der Waals surface area (Å²) in [5, 5.41) is 1.11. The first-order valence-corrected chi connectivity index (χ1v) is 5.57. The lowest BCUT2D eigenvalue weighted by molar-refractivity contribution is 0.122. The van der Waals surface area contributed by atoms with E-state index in [9.17, 15) is 0 Å². The van der Waals surface area contributed by atoms with E-state index in [1.807, 2.05) is 0 Å². The number of hydrogen-bond acceptors (Lipinski definition) is 1. The number of rotatable bonds is 7. The van der Waals surface area contributed by atoms with Crippen LogP contribution in [0.1, 0.15) is 33.1 Å². The van der Waals surface area contributed by atoms with E-state index in [2.05, 4.69) is 29.8 Å². The zero-order valence-electron chi connectivity index (χ0n) is 7.61. The maximum atomic E-state index is 5.38. The summed E-state index contributed by atoms with van der Waals surface area (Å²) in [5.41, 5.74) is 0. The molecule has 1 nitrogen and oxygen atoms in total. The van der Waals surface area contributed by atoms with Crippen molar-refractivity contribution in [2.75, 3.05) is 18.5 Å². The van der Waals surface area contributed by atoms with Gasteiger partial charge in [0, 0.05) is 18.5 Å². The Morgan fingerprint density at radius 3 is 2.55 bits per heavy atom. The average Bonchev–Trinajstić information content (AvgIpc) is 1.99.